The number of amides is 1. The van der Waals surface area contributed by atoms with E-state index < -0.39 is 0 Å². The lowest BCUT2D eigenvalue weighted by atomic mass is 10.1. The number of methoxy groups -OCH3 is 1. The summed E-state index contributed by atoms with van der Waals surface area (Å²) in [4.78, 5) is 17.3. The molecule has 2 rings (SSSR count). The van der Waals surface area contributed by atoms with Crippen molar-refractivity contribution >= 4 is 17.2 Å². The summed E-state index contributed by atoms with van der Waals surface area (Å²) in [6, 6.07) is 7.79. The molecule has 1 aromatic heterocycles. The second-order valence-corrected chi connectivity index (χ2v) is 6.10. The predicted molar refractivity (Wildman–Crippen MR) is 84.9 cm³/mol. The highest BCUT2D eigenvalue weighted by molar-refractivity contribution is 7.11. The number of benzene rings is 1. The van der Waals surface area contributed by atoms with Gasteiger partial charge in [-0.2, -0.15) is 0 Å². The van der Waals surface area contributed by atoms with Crippen LogP contribution in [0.25, 0.3) is 0 Å². The van der Waals surface area contributed by atoms with Crippen molar-refractivity contribution in [2.45, 2.75) is 26.2 Å². The first-order chi connectivity index (χ1) is 10.2. The number of hydrogen-bond donors (Lipinski definition) is 1. The van der Waals surface area contributed by atoms with Crippen LogP contribution in [0.15, 0.2) is 30.5 Å². The van der Waals surface area contributed by atoms with Crippen molar-refractivity contribution in [2.24, 2.45) is 0 Å². The van der Waals surface area contributed by atoms with Gasteiger partial charge in [0.15, 0.2) is 0 Å². The van der Waals surface area contributed by atoms with Crippen LogP contribution in [0.5, 0.6) is 5.75 Å². The molecule has 0 aliphatic rings. The minimum Gasteiger partial charge on any atom is -0.496 e. The fourth-order valence-electron chi connectivity index (χ4n) is 2.07. The zero-order valence-corrected chi connectivity index (χ0v) is 13.2. The van der Waals surface area contributed by atoms with Crippen LogP contribution in [-0.2, 0) is 17.6 Å². The first kappa shape index (κ1) is 15.5. The number of ether oxygens (including phenoxy) is 1. The largest absolute Gasteiger partial charge is 0.496 e. The van der Waals surface area contributed by atoms with Gasteiger partial charge in [0.05, 0.1) is 12.1 Å². The Balaban J connectivity index is 1.72. The van der Waals surface area contributed by atoms with E-state index in [2.05, 4.69) is 10.3 Å². The van der Waals surface area contributed by atoms with Crippen molar-refractivity contribution in [2.75, 3.05) is 13.7 Å². The van der Waals surface area contributed by atoms with E-state index in [1.54, 1.807) is 18.4 Å². The van der Waals surface area contributed by atoms with E-state index in [4.69, 9.17) is 4.74 Å². The molecule has 0 saturated heterocycles. The van der Waals surface area contributed by atoms with Crippen molar-refractivity contribution in [3.63, 3.8) is 0 Å². The van der Waals surface area contributed by atoms with Gasteiger partial charge in [0, 0.05) is 30.5 Å². The van der Waals surface area contributed by atoms with Crippen molar-refractivity contribution in [3.8, 4) is 5.75 Å². The number of nitrogens with zero attached hydrogens (tertiary/aromatic N) is 1. The second kappa shape index (κ2) is 7.78. The van der Waals surface area contributed by atoms with Gasteiger partial charge in [-0.15, -0.1) is 11.3 Å². The molecule has 1 N–H and O–H groups in total. The van der Waals surface area contributed by atoms with E-state index in [0.29, 0.717) is 19.4 Å². The number of carbonyl (C=O) groups is 1. The zero-order valence-electron chi connectivity index (χ0n) is 12.4. The first-order valence-corrected chi connectivity index (χ1v) is 7.80. The van der Waals surface area contributed by atoms with E-state index in [-0.39, 0.29) is 5.91 Å². The van der Waals surface area contributed by atoms with Gasteiger partial charge < -0.3 is 10.1 Å². The molecule has 0 radical (unpaired) electrons. The van der Waals surface area contributed by atoms with Crippen LogP contribution in [0.4, 0.5) is 0 Å². The van der Waals surface area contributed by atoms with Gasteiger partial charge in [0.25, 0.3) is 0 Å². The molecule has 0 aliphatic heterocycles. The summed E-state index contributed by atoms with van der Waals surface area (Å²) in [5, 5.41) is 4.00. The number of hydrogen-bond acceptors (Lipinski definition) is 4. The average molecular weight is 304 g/mol. The highest BCUT2D eigenvalue weighted by Crippen LogP contribution is 2.18. The van der Waals surface area contributed by atoms with Crippen molar-refractivity contribution in [3.05, 3.63) is 45.9 Å². The molecule has 0 aliphatic carbocycles. The SMILES string of the molecule is COc1ccccc1CCC(=O)NCCc1ncc(C)s1. The molecular formula is C16H20N2O2S. The van der Waals surface area contributed by atoms with Crippen LogP contribution in [0.2, 0.25) is 0 Å². The van der Waals surface area contributed by atoms with Crippen LogP contribution in [0.1, 0.15) is 21.9 Å². The van der Waals surface area contributed by atoms with Gasteiger partial charge in [-0.3, -0.25) is 4.79 Å². The third-order valence-electron chi connectivity index (χ3n) is 3.14. The molecule has 0 bridgehead atoms. The van der Waals surface area contributed by atoms with Crippen molar-refractivity contribution < 1.29 is 9.53 Å². The molecule has 0 saturated carbocycles. The minimum absolute atomic E-state index is 0.0641. The monoisotopic (exact) mass is 304 g/mol. The minimum atomic E-state index is 0.0641. The Morgan fingerprint density at radius 3 is 2.86 bits per heavy atom. The molecule has 1 amide bonds. The summed E-state index contributed by atoms with van der Waals surface area (Å²) in [5.41, 5.74) is 1.06. The molecule has 2 aromatic rings. The molecule has 1 heterocycles. The van der Waals surface area contributed by atoms with Crippen LogP contribution < -0.4 is 10.1 Å². The van der Waals surface area contributed by atoms with E-state index in [0.717, 1.165) is 22.7 Å². The molecule has 0 unspecified atom stereocenters. The standard InChI is InChI=1S/C16H20N2O2S/c1-12-11-18-16(21-12)9-10-17-15(19)8-7-13-5-3-4-6-14(13)20-2/h3-6,11H,7-10H2,1-2H3,(H,17,19). The van der Waals surface area contributed by atoms with Gasteiger partial charge in [-0.25, -0.2) is 4.98 Å². The average Bonchev–Trinajstić information content (AvgIpc) is 2.91. The second-order valence-electron chi connectivity index (χ2n) is 4.78. The Kier molecular flexibility index (Phi) is 5.75. The first-order valence-electron chi connectivity index (χ1n) is 6.99. The van der Waals surface area contributed by atoms with Gasteiger partial charge in [-0.1, -0.05) is 18.2 Å². The van der Waals surface area contributed by atoms with Crippen LogP contribution in [-0.4, -0.2) is 24.5 Å². The Bertz CT molecular complexity index is 595. The Morgan fingerprint density at radius 2 is 2.14 bits per heavy atom. The highest BCUT2D eigenvalue weighted by atomic mass is 32.1. The lowest BCUT2D eigenvalue weighted by molar-refractivity contribution is -0.121. The highest BCUT2D eigenvalue weighted by Gasteiger charge is 2.06. The van der Waals surface area contributed by atoms with Gasteiger partial charge in [0.1, 0.15) is 5.75 Å². The van der Waals surface area contributed by atoms with E-state index >= 15 is 0 Å². The summed E-state index contributed by atoms with van der Waals surface area (Å²) in [6.45, 7) is 2.67. The smallest absolute Gasteiger partial charge is 0.220 e. The van der Waals surface area contributed by atoms with E-state index in [9.17, 15) is 4.79 Å². The summed E-state index contributed by atoms with van der Waals surface area (Å²) < 4.78 is 5.28. The van der Waals surface area contributed by atoms with E-state index in [1.807, 2.05) is 37.4 Å². The molecule has 112 valence electrons. The number of carbonyl (C=O) groups excluding carboxylic acids is 1. The number of nitrogens with one attached hydrogen (secondary N) is 1. The van der Waals surface area contributed by atoms with Gasteiger partial charge in [-0.05, 0) is 25.0 Å². The normalized spacial score (nSPS) is 10.4. The fraction of sp³-hybridized carbons (Fsp3) is 0.375. The molecule has 0 spiro atoms. The van der Waals surface area contributed by atoms with Crippen LogP contribution in [0, 0.1) is 6.92 Å². The number of rotatable bonds is 7. The number of thiazole rings is 1. The quantitative estimate of drug-likeness (QED) is 0.855. The van der Waals surface area contributed by atoms with Crippen molar-refractivity contribution in [1.82, 2.24) is 10.3 Å². The van der Waals surface area contributed by atoms with Gasteiger partial charge in [0.2, 0.25) is 5.91 Å². The third-order valence-corrected chi connectivity index (χ3v) is 4.12. The van der Waals surface area contributed by atoms with Crippen molar-refractivity contribution in [1.29, 1.82) is 0 Å². The topological polar surface area (TPSA) is 51.2 Å². The van der Waals surface area contributed by atoms with Crippen LogP contribution >= 0.6 is 11.3 Å². The molecule has 0 fully saturated rings. The maximum absolute atomic E-state index is 11.8. The maximum Gasteiger partial charge on any atom is 0.220 e. The Hall–Kier alpha value is -1.88. The number of aryl methyl sites for hydroxylation is 2. The maximum atomic E-state index is 11.8. The molecule has 21 heavy (non-hydrogen) atoms. The zero-order chi connectivity index (χ0) is 15.1. The van der Waals surface area contributed by atoms with Crippen LogP contribution in [0.3, 0.4) is 0 Å². The molecular weight excluding hydrogens is 284 g/mol. The summed E-state index contributed by atoms with van der Waals surface area (Å²) in [7, 11) is 1.65. The Morgan fingerprint density at radius 1 is 1.33 bits per heavy atom. The molecule has 5 heteroatoms. The predicted octanol–water partition coefficient (Wildman–Crippen LogP) is 2.75. The fourth-order valence-corrected chi connectivity index (χ4v) is 2.86. The lowest BCUT2D eigenvalue weighted by Gasteiger charge is -2.08. The Labute approximate surface area is 129 Å². The van der Waals surface area contributed by atoms with E-state index in [1.165, 1.54) is 4.88 Å². The van der Waals surface area contributed by atoms with Gasteiger partial charge >= 0.3 is 0 Å². The summed E-state index contributed by atoms with van der Waals surface area (Å²) in [5.74, 6) is 0.901. The molecule has 0 atom stereocenters. The summed E-state index contributed by atoms with van der Waals surface area (Å²) in [6.07, 6.45) is 3.81. The molecule has 4 nitrogen and oxygen atoms in total. The summed E-state index contributed by atoms with van der Waals surface area (Å²) >= 11 is 1.68. The lowest BCUT2D eigenvalue weighted by Crippen LogP contribution is -2.25. The third kappa shape index (κ3) is 4.86. The number of aromatic nitrogens is 1. The molecule has 1 aromatic carbocycles. The number of para-hydroxylation sites is 1.